The molecule has 0 fully saturated rings. The second-order valence-electron chi connectivity index (χ2n) is 4.79. The third-order valence-corrected chi connectivity index (χ3v) is 4.28. The largest absolute Gasteiger partial charge is 0.465 e. The van der Waals surface area contributed by atoms with E-state index >= 15 is 0 Å². The lowest BCUT2D eigenvalue weighted by molar-refractivity contribution is 0.434. The fraction of sp³-hybridized carbons (Fsp3) is 0.333. The molecule has 1 aromatic heterocycles. The summed E-state index contributed by atoms with van der Waals surface area (Å²) in [4.78, 5) is 0. The van der Waals surface area contributed by atoms with Crippen LogP contribution >= 0.6 is 15.9 Å². The molecule has 1 aliphatic carbocycles. The Morgan fingerprint density at radius 3 is 3.00 bits per heavy atom. The van der Waals surface area contributed by atoms with Crippen molar-refractivity contribution in [2.24, 2.45) is 0 Å². The summed E-state index contributed by atoms with van der Waals surface area (Å²) in [6.07, 6.45) is 2.31. The lowest BCUT2D eigenvalue weighted by Crippen LogP contribution is -2.18. The van der Waals surface area contributed by atoms with Gasteiger partial charge in [-0.3, -0.25) is 0 Å². The Morgan fingerprint density at radius 2 is 2.22 bits per heavy atom. The van der Waals surface area contributed by atoms with Crippen molar-refractivity contribution in [3.63, 3.8) is 0 Å². The van der Waals surface area contributed by atoms with Crippen molar-refractivity contribution in [1.82, 2.24) is 5.32 Å². The maximum Gasteiger partial charge on any atom is 0.117 e. The van der Waals surface area contributed by atoms with Gasteiger partial charge in [0, 0.05) is 10.5 Å². The first-order valence-electron chi connectivity index (χ1n) is 6.30. The first-order valence-corrected chi connectivity index (χ1v) is 7.09. The van der Waals surface area contributed by atoms with Gasteiger partial charge in [0.05, 0.1) is 6.54 Å². The van der Waals surface area contributed by atoms with Crippen molar-refractivity contribution >= 4 is 15.9 Å². The van der Waals surface area contributed by atoms with Gasteiger partial charge in [0.25, 0.3) is 0 Å². The number of fused-ring (bicyclic) bond motifs is 1. The standard InChI is InChI=1S/C15H16BrNO/c1-10-5-6-11(18-10)9-17-15-8-7-12-13(15)3-2-4-14(12)16/h2-6,15,17H,7-9H2,1H3. The average molecular weight is 306 g/mol. The Balaban J connectivity index is 1.71. The van der Waals surface area contributed by atoms with Gasteiger partial charge in [-0.2, -0.15) is 0 Å². The molecule has 0 saturated heterocycles. The summed E-state index contributed by atoms with van der Waals surface area (Å²) >= 11 is 3.63. The van der Waals surface area contributed by atoms with Crippen molar-refractivity contribution in [3.8, 4) is 0 Å². The zero-order valence-electron chi connectivity index (χ0n) is 10.4. The number of halogens is 1. The molecule has 3 heteroatoms. The molecule has 1 unspecified atom stereocenters. The number of nitrogens with one attached hydrogen (secondary N) is 1. The highest BCUT2D eigenvalue weighted by Crippen LogP contribution is 2.35. The van der Waals surface area contributed by atoms with E-state index in [1.807, 2.05) is 19.1 Å². The fourth-order valence-corrected chi connectivity index (χ4v) is 3.21. The highest BCUT2D eigenvalue weighted by atomic mass is 79.9. The van der Waals surface area contributed by atoms with Gasteiger partial charge in [-0.1, -0.05) is 28.1 Å². The van der Waals surface area contributed by atoms with Gasteiger partial charge in [-0.15, -0.1) is 0 Å². The maximum absolute atomic E-state index is 5.58. The molecule has 1 N–H and O–H groups in total. The molecule has 94 valence electrons. The Morgan fingerprint density at radius 1 is 1.33 bits per heavy atom. The normalized spacial score (nSPS) is 18.0. The summed E-state index contributed by atoms with van der Waals surface area (Å²) in [7, 11) is 0. The Bertz CT molecular complexity index is 561. The van der Waals surface area contributed by atoms with Crippen LogP contribution in [0, 0.1) is 6.92 Å². The van der Waals surface area contributed by atoms with E-state index in [1.54, 1.807) is 0 Å². The van der Waals surface area contributed by atoms with Crippen LogP contribution < -0.4 is 5.32 Å². The Labute approximate surface area is 116 Å². The molecule has 1 atom stereocenters. The number of aryl methyl sites for hydroxylation is 1. The van der Waals surface area contributed by atoms with Crippen LogP contribution in [0.4, 0.5) is 0 Å². The Hall–Kier alpha value is -1.06. The minimum absolute atomic E-state index is 0.447. The molecule has 1 heterocycles. The summed E-state index contributed by atoms with van der Waals surface area (Å²) in [5.74, 6) is 1.98. The smallest absolute Gasteiger partial charge is 0.117 e. The summed E-state index contributed by atoms with van der Waals surface area (Å²) in [6.45, 7) is 2.77. The highest BCUT2D eigenvalue weighted by Gasteiger charge is 2.23. The number of hydrogen-bond donors (Lipinski definition) is 1. The number of furan rings is 1. The van der Waals surface area contributed by atoms with Gasteiger partial charge in [-0.05, 0) is 49.1 Å². The molecule has 1 aromatic carbocycles. The second-order valence-corrected chi connectivity index (χ2v) is 5.65. The van der Waals surface area contributed by atoms with E-state index in [2.05, 4.69) is 39.4 Å². The van der Waals surface area contributed by atoms with Crippen molar-refractivity contribution in [1.29, 1.82) is 0 Å². The zero-order valence-corrected chi connectivity index (χ0v) is 12.0. The van der Waals surface area contributed by atoms with E-state index in [1.165, 1.54) is 15.6 Å². The van der Waals surface area contributed by atoms with Crippen LogP contribution in [0.2, 0.25) is 0 Å². The minimum atomic E-state index is 0.447. The van der Waals surface area contributed by atoms with E-state index in [0.29, 0.717) is 6.04 Å². The summed E-state index contributed by atoms with van der Waals surface area (Å²) < 4.78 is 6.82. The van der Waals surface area contributed by atoms with Gasteiger partial charge in [0.1, 0.15) is 11.5 Å². The van der Waals surface area contributed by atoms with Gasteiger partial charge in [-0.25, -0.2) is 0 Å². The third kappa shape index (κ3) is 2.25. The van der Waals surface area contributed by atoms with Gasteiger partial charge >= 0.3 is 0 Å². The molecule has 0 spiro atoms. The van der Waals surface area contributed by atoms with Crippen LogP contribution in [0.15, 0.2) is 39.2 Å². The van der Waals surface area contributed by atoms with Crippen LogP contribution in [0.25, 0.3) is 0 Å². The zero-order chi connectivity index (χ0) is 12.5. The molecular formula is C15H16BrNO. The van der Waals surface area contributed by atoms with Gasteiger partial charge < -0.3 is 9.73 Å². The van der Waals surface area contributed by atoms with E-state index < -0.39 is 0 Å². The highest BCUT2D eigenvalue weighted by molar-refractivity contribution is 9.10. The van der Waals surface area contributed by atoms with Crippen LogP contribution in [0.5, 0.6) is 0 Å². The predicted molar refractivity (Wildman–Crippen MR) is 75.5 cm³/mol. The third-order valence-electron chi connectivity index (χ3n) is 3.53. The maximum atomic E-state index is 5.58. The molecule has 0 amide bonds. The van der Waals surface area contributed by atoms with Crippen LogP contribution in [0.3, 0.4) is 0 Å². The van der Waals surface area contributed by atoms with E-state index in [4.69, 9.17) is 4.42 Å². The van der Waals surface area contributed by atoms with Crippen LogP contribution in [0.1, 0.15) is 35.1 Å². The van der Waals surface area contributed by atoms with Crippen molar-refractivity contribution < 1.29 is 4.42 Å². The fourth-order valence-electron chi connectivity index (χ4n) is 2.63. The quantitative estimate of drug-likeness (QED) is 0.922. The molecule has 18 heavy (non-hydrogen) atoms. The summed E-state index contributed by atoms with van der Waals surface area (Å²) in [5.41, 5.74) is 2.87. The topological polar surface area (TPSA) is 25.2 Å². The van der Waals surface area contributed by atoms with E-state index in [0.717, 1.165) is 30.9 Å². The predicted octanol–water partition coefficient (Wildman–Crippen LogP) is 4.13. The molecule has 3 rings (SSSR count). The SMILES string of the molecule is Cc1ccc(CNC2CCc3c(Br)cccc32)o1. The monoisotopic (exact) mass is 305 g/mol. The second kappa shape index (κ2) is 4.90. The lowest BCUT2D eigenvalue weighted by atomic mass is 10.1. The first kappa shape index (κ1) is 12.0. The van der Waals surface area contributed by atoms with Crippen molar-refractivity contribution in [2.75, 3.05) is 0 Å². The summed E-state index contributed by atoms with van der Waals surface area (Å²) in [5, 5.41) is 3.58. The number of benzene rings is 1. The van der Waals surface area contributed by atoms with Crippen molar-refractivity contribution in [3.05, 3.63) is 57.5 Å². The van der Waals surface area contributed by atoms with Gasteiger partial charge in [0.15, 0.2) is 0 Å². The average Bonchev–Trinajstić information content (AvgIpc) is 2.94. The molecule has 0 bridgehead atoms. The number of hydrogen-bond acceptors (Lipinski definition) is 2. The van der Waals surface area contributed by atoms with E-state index in [9.17, 15) is 0 Å². The lowest BCUT2D eigenvalue weighted by Gasteiger charge is -2.13. The molecule has 0 aliphatic heterocycles. The van der Waals surface area contributed by atoms with Crippen LogP contribution in [-0.4, -0.2) is 0 Å². The van der Waals surface area contributed by atoms with Crippen molar-refractivity contribution in [2.45, 2.75) is 32.4 Å². The molecule has 1 aliphatic rings. The molecular weight excluding hydrogens is 290 g/mol. The molecule has 0 radical (unpaired) electrons. The summed E-state index contributed by atoms with van der Waals surface area (Å²) in [6, 6.07) is 11.0. The van der Waals surface area contributed by atoms with Crippen LogP contribution in [-0.2, 0) is 13.0 Å². The first-order chi connectivity index (χ1) is 8.74. The van der Waals surface area contributed by atoms with E-state index in [-0.39, 0.29) is 0 Å². The Kier molecular flexibility index (Phi) is 3.27. The minimum Gasteiger partial charge on any atom is -0.465 e. The molecule has 2 aromatic rings. The molecule has 0 saturated carbocycles. The molecule has 2 nitrogen and oxygen atoms in total. The number of rotatable bonds is 3. The van der Waals surface area contributed by atoms with Gasteiger partial charge in [0.2, 0.25) is 0 Å².